The average Bonchev–Trinajstić information content (AvgIpc) is 2.65. The Bertz CT molecular complexity index is 914. The lowest BCUT2D eigenvalue weighted by atomic mass is 10.1. The number of hydrogen-bond acceptors (Lipinski definition) is 5. The fraction of sp³-hybridized carbons (Fsp3) is 0.150. The molecule has 0 unspecified atom stereocenters. The van der Waals surface area contributed by atoms with Crippen LogP contribution in [0.2, 0.25) is 0 Å². The molecule has 3 aromatic rings. The lowest BCUT2D eigenvalue weighted by Crippen LogP contribution is -2.09. The number of amides is 1. The van der Waals surface area contributed by atoms with Crippen LogP contribution in [0.3, 0.4) is 0 Å². The number of halogens is 1. The molecule has 2 aromatic carbocycles. The van der Waals surface area contributed by atoms with Crippen LogP contribution < -0.4 is 16.0 Å². The van der Waals surface area contributed by atoms with Gasteiger partial charge in [0.25, 0.3) is 0 Å². The summed E-state index contributed by atoms with van der Waals surface area (Å²) in [7, 11) is 0. The van der Waals surface area contributed by atoms with Crippen molar-refractivity contribution < 1.29 is 9.18 Å². The van der Waals surface area contributed by atoms with Gasteiger partial charge in [0.05, 0.1) is 0 Å². The molecule has 0 saturated heterocycles. The van der Waals surface area contributed by atoms with Gasteiger partial charge in [0.2, 0.25) is 11.9 Å². The van der Waals surface area contributed by atoms with E-state index in [1.165, 1.54) is 13.0 Å². The number of nitrogens with zero attached hydrogens (tertiary/aromatic N) is 2. The standard InChI is InChI=1S/C20H20FN5O/c1-14(27)24-16-6-8-17(9-7-16)25-19-11-13-23-20(26-19)22-12-10-15-4-2-3-5-18(15)21/h2-9,11,13H,10,12H2,1H3,(H,24,27)(H2,22,23,25,26). The monoisotopic (exact) mass is 365 g/mol. The van der Waals surface area contributed by atoms with Crippen molar-refractivity contribution in [3.63, 3.8) is 0 Å². The van der Waals surface area contributed by atoms with E-state index >= 15 is 0 Å². The second kappa shape index (κ2) is 8.75. The van der Waals surface area contributed by atoms with E-state index in [9.17, 15) is 9.18 Å². The third kappa shape index (κ3) is 5.50. The summed E-state index contributed by atoms with van der Waals surface area (Å²) >= 11 is 0. The topological polar surface area (TPSA) is 78.9 Å². The van der Waals surface area contributed by atoms with Crippen molar-refractivity contribution in [2.45, 2.75) is 13.3 Å². The van der Waals surface area contributed by atoms with Crippen LogP contribution in [0.5, 0.6) is 0 Å². The molecule has 27 heavy (non-hydrogen) atoms. The summed E-state index contributed by atoms with van der Waals surface area (Å²) in [6.07, 6.45) is 2.19. The number of rotatable bonds is 7. The number of hydrogen-bond donors (Lipinski definition) is 3. The van der Waals surface area contributed by atoms with Crippen molar-refractivity contribution in [1.29, 1.82) is 0 Å². The van der Waals surface area contributed by atoms with Crippen molar-refractivity contribution in [1.82, 2.24) is 9.97 Å². The third-order valence-corrected chi connectivity index (χ3v) is 3.77. The van der Waals surface area contributed by atoms with Gasteiger partial charge in [-0.05, 0) is 48.4 Å². The summed E-state index contributed by atoms with van der Waals surface area (Å²) in [6.45, 7) is 1.99. The molecule has 0 atom stereocenters. The largest absolute Gasteiger partial charge is 0.354 e. The van der Waals surface area contributed by atoms with Crippen molar-refractivity contribution in [2.75, 3.05) is 22.5 Å². The molecule has 6 nitrogen and oxygen atoms in total. The molecular weight excluding hydrogens is 345 g/mol. The molecule has 1 aromatic heterocycles. The average molecular weight is 365 g/mol. The molecule has 1 heterocycles. The van der Waals surface area contributed by atoms with Crippen LogP contribution in [-0.4, -0.2) is 22.4 Å². The van der Waals surface area contributed by atoms with E-state index in [0.717, 1.165) is 11.4 Å². The first-order valence-electron chi connectivity index (χ1n) is 8.55. The highest BCUT2D eigenvalue weighted by Gasteiger charge is 2.03. The van der Waals surface area contributed by atoms with Gasteiger partial charge in [0.1, 0.15) is 11.6 Å². The zero-order valence-corrected chi connectivity index (χ0v) is 14.9. The van der Waals surface area contributed by atoms with Gasteiger partial charge in [-0.1, -0.05) is 18.2 Å². The van der Waals surface area contributed by atoms with Gasteiger partial charge in [-0.2, -0.15) is 4.98 Å². The Morgan fingerprint density at radius 1 is 1.04 bits per heavy atom. The fourth-order valence-corrected chi connectivity index (χ4v) is 2.51. The van der Waals surface area contributed by atoms with E-state index in [2.05, 4.69) is 25.9 Å². The first-order chi connectivity index (χ1) is 13.1. The predicted octanol–water partition coefficient (Wildman–Crippen LogP) is 3.97. The molecule has 1 amide bonds. The van der Waals surface area contributed by atoms with Gasteiger partial charge in [-0.3, -0.25) is 4.79 Å². The Labute approximate surface area is 156 Å². The fourth-order valence-electron chi connectivity index (χ4n) is 2.51. The van der Waals surface area contributed by atoms with Gasteiger partial charge in [-0.25, -0.2) is 9.37 Å². The maximum absolute atomic E-state index is 13.6. The lowest BCUT2D eigenvalue weighted by molar-refractivity contribution is -0.114. The van der Waals surface area contributed by atoms with Crippen LogP contribution in [0.1, 0.15) is 12.5 Å². The molecule has 0 fully saturated rings. The van der Waals surface area contributed by atoms with Gasteiger partial charge >= 0.3 is 0 Å². The zero-order valence-electron chi connectivity index (χ0n) is 14.9. The van der Waals surface area contributed by atoms with E-state index in [4.69, 9.17) is 0 Å². The normalized spacial score (nSPS) is 10.3. The highest BCUT2D eigenvalue weighted by Crippen LogP contribution is 2.18. The number of carbonyl (C=O) groups is 1. The molecule has 0 radical (unpaired) electrons. The second-order valence-corrected chi connectivity index (χ2v) is 5.92. The molecule has 0 spiro atoms. The van der Waals surface area contributed by atoms with Gasteiger partial charge < -0.3 is 16.0 Å². The predicted molar refractivity (Wildman–Crippen MR) is 105 cm³/mol. The quantitative estimate of drug-likeness (QED) is 0.590. The molecule has 3 N–H and O–H groups in total. The molecule has 138 valence electrons. The summed E-state index contributed by atoms with van der Waals surface area (Å²) < 4.78 is 13.6. The first-order valence-corrected chi connectivity index (χ1v) is 8.55. The van der Waals surface area contributed by atoms with E-state index in [0.29, 0.717) is 30.3 Å². The Kier molecular flexibility index (Phi) is 5.94. The number of aromatic nitrogens is 2. The van der Waals surface area contributed by atoms with E-state index in [-0.39, 0.29) is 11.7 Å². The van der Waals surface area contributed by atoms with Crippen molar-refractivity contribution in [2.24, 2.45) is 0 Å². The van der Waals surface area contributed by atoms with Crippen LogP contribution in [0.15, 0.2) is 60.8 Å². The minimum absolute atomic E-state index is 0.113. The zero-order chi connectivity index (χ0) is 19.1. The summed E-state index contributed by atoms with van der Waals surface area (Å²) in [4.78, 5) is 19.6. The molecular formula is C20H20FN5O. The molecule has 3 rings (SSSR count). The van der Waals surface area contributed by atoms with Crippen molar-refractivity contribution >= 4 is 29.0 Å². The summed E-state index contributed by atoms with van der Waals surface area (Å²) in [5.74, 6) is 0.771. The van der Waals surface area contributed by atoms with E-state index < -0.39 is 0 Å². The molecule has 0 bridgehead atoms. The number of carbonyl (C=O) groups excluding carboxylic acids is 1. The Morgan fingerprint density at radius 3 is 2.52 bits per heavy atom. The summed E-state index contributed by atoms with van der Waals surface area (Å²) in [5.41, 5.74) is 2.21. The minimum Gasteiger partial charge on any atom is -0.354 e. The third-order valence-electron chi connectivity index (χ3n) is 3.77. The highest BCUT2D eigenvalue weighted by atomic mass is 19.1. The Morgan fingerprint density at radius 2 is 1.78 bits per heavy atom. The van der Waals surface area contributed by atoms with E-state index in [1.807, 2.05) is 18.2 Å². The van der Waals surface area contributed by atoms with Crippen LogP contribution in [0.4, 0.5) is 27.5 Å². The molecule has 0 aliphatic heterocycles. The minimum atomic E-state index is -0.210. The number of anilines is 4. The molecule has 7 heteroatoms. The maximum atomic E-state index is 13.6. The number of nitrogens with one attached hydrogen (secondary N) is 3. The molecule has 0 aliphatic carbocycles. The van der Waals surface area contributed by atoms with Crippen LogP contribution in [0.25, 0.3) is 0 Å². The summed E-state index contributed by atoms with van der Waals surface area (Å²) in [5, 5.41) is 9.00. The Hall–Kier alpha value is -3.48. The van der Waals surface area contributed by atoms with Crippen LogP contribution in [-0.2, 0) is 11.2 Å². The van der Waals surface area contributed by atoms with Crippen LogP contribution in [0, 0.1) is 5.82 Å². The molecule has 0 saturated carbocycles. The second-order valence-electron chi connectivity index (χ2n) is 5.92. The van der Waals surface area contributed by atoms with Crippen molar-refractivity contribution in [3.05, 3.63) is 72.2 Å². The highest BCUT2D eigenvalue weighted by molar-refractivity contribution is 5.88. The van der Waals surface area contributed by atoms with Gasteiger partial charge in [-0.15, -0.1) is 0 Å². The first kappa shape index (κ1) is 18.3. The summed E-state index contributed by atoms with van der Waals surface area (Å²) in [6, 6.07) is 15.8. The molecule has 0 aliphatic rings. The SMILES string of the molecule is CC(=O)Nc1ccc(Nc2ccnc(NCCc3ccccc3F)n2)cc1. The van der Waals surface area contributed by atoms with Gasteiger partial charge in [0, 0.05) is 31.0 Å². The maximum Gasteiger partial charge on any atom is 0.224 e. The van der Waals surface area contributed by atoms with Gasteiger partial charge in [0.15, 0.2) is 0 Å². The van der Waals surface area contributed by atoms with E-state index in [1.54, 1.807) is 36.5 Å². The number of benzene rings is 2. The Balaban J connectivity index is 1.57. The smallest absolute Gasteiger partial charge is 0.224 e. The lowest BCUT2D eigenvalue weighted by Gasteiger charge is -2.09. The van der Waals surface area contributed by atoms with Crippen molar-refractivity contribution in [3.8, 4) is 0 Å². The van der Waals surface area contributed by atoms with Crippen LogP contribution >= 0.6 is 0 Å².